The van der Waals surface area contributed by atoms with Crippen molar-refractivity contribution < 1.29 is 29.0 Å². The van der Waals surface area contributed by atoms with Crippen LogP contribution in [0.5, 0.6) is 11.5 Å². The van der Waals surface area contributed by atoms with Crippen LogP contribution in [0.2, 0.25) is 0 Å². The maximum absolute atomic E-state index is 12.4. The normalized spacial score (nSPS) is 10.0. The Morgan fingerprint density at radius 2 is 1.72 bits per heavy atom. The maximum Gasteiger partial charge on any atom is 0.347 e. The summed E-state index contributed by atoms with van der Waals surface area (Å²) in [7, 11) is 0. The highest BCUT2D eigenvalue weighted by Gasteiger charge is 2.17. The van der Waals surface area contributed by atoms with Crippen molar-refractivity contribution in [3.05, 3.63) is 69.3 Å². The molecule has 0 N–H and O–H groups in total. The van der Waals surface area contributed by atoms with Crippen molar-refractivity contribution in [3.63, 3.8) is 0 Å². The highest BCUT2D eigenvalue weighted by Crippen LogP contribution is 2.25. The number of hydrogen-bond acceptors (Lipinski definition) is 7. The van der Waals surface area contributed by atoms with Crippen LogP contribution in [-0.4, -0.2) is 17.0 Å². The number of para-hydroxylation sites is 1. The van der Waals surface area contributed by atoms with Gasteiger partial charge in [-0.05, 0) is 36.2 Å². The van der Waals surface area contributed by atoms with E-state index >= 15 is 0 Å². The first kappa shape index (κ1) is 17.9. The van der Waals surface area contributed by atoms with Crippen LogP contribution in [0.1, 0.15) is 28.4 Å². The van der Waals surface area contributed by atoms with Crippen LogP contribution in [0, 0.1) is 17.0 Å². The van der Waals surface area contributed by atoms with Crippen LogP contribution in [0.15, 0.2) is 42.5 Å². The first-order valence-electron chi connectivity index (χ1n) is 7.24. The molecule has 130 valence electrons. The summed E-state index contributed by atoms with van der Waals surface area (Å²) in [4.78, 5) is 38.2. The van der Waals surface area contributed by atoms with Gasteiger partial charge in [-0.15, -0.1) is 10.1 Å². The highest BCUT2D eigenvalue weighted by molar-refractivity contribution is 5.94. The van der Waals surface area contributed by atoms with Crippen molar-refractivity contribution in [1.82, 2.24) is 0 Å². The maximum atomic E-state index is 12.4. The smallest absolute Gasteiger partial charge is 0.347 e. The van der Waals surface area contributed by atoms with Gasteiger partial charge < -0.3 is 14.3 Å². The molecule has 8 heteroatoms. The van der Waals surface area contributed by atoms with Gasteiger partial charge >= 0.3 is 11.9 Å². The zero-order chi connectivity index (χ0) is 18.4. The number of rotatable bonds is 6. The predicted octanol–water partition coefficient (Wildman–Crippen LogP) is 2.85. The monoisotopic (exact) mass is 345 g/mol. The molecule has 0 saturated carbocycles. The Kier molecular flexibility index (Phi) is 5.67. The summed E-state index contributed by atoms with van der Waals surface area (Å²) >= 11 is 0. The molecule has 8 nitrogen and oxygen atoms in total. The van der Waals surface area contributed by atoms with Gasteiger partial charge in [0.2, 0.25) is 0 Å². The van der Waals surface area contributed by atoms with E-state index in [1.807, 2.05) is 0 Å². The second-order valence-electron chi connectivity index (χ2n) is 5.02. The Labute approximate surface area is 143 Å². The number of carbonyl (C=O) groups excluding carboxylic acids is 2. The van der Waals surface area contributed by atoms with Crippen molar-refractivity contribution in [2.24, 2.45) is 0 Å². The third-order valence-corrected chi connectivity index (χ3v) is 3.29. The Balaban J connectivity index is 2.23. The van der Waals surface area contributed by atoms with Crippen LogP contribution in [0.3, 0.4) is 0 Å². The van der Waals surface area contributed by atoms with E-state index in [9.17, 15) is 19.7 Å². The molecule has 0 aromatic heterocycles. The van der Waals surface area contributed by atoms with E-state index in [-0.39, 0.29) is 23.7 Å². The molecule has 0 fully saturated rings. The van der Waals surface area contributed by atoms with Crippen molar-refractivity contribution in [3.8, 4) is 11.5 Å². The minimum absolute atomic E-state index is 0.0871. The lowest BCUT2D eigenvalue weighted by molar-refractivity contribution is -0.763. The molecule has 0 bridgehead atoms. The molecule has 0 unspecified atom stereocenters. The molecule has 0 atom stereocenters. The average Bonchev–Trinajstić information content (AvgIpc) is 2.55. The minimum Gasteiger partial charge on any atom is -0.426 e. The summed E-state index contributed by atoms with van der Waals surface area (Å²) in [5.74, 6) is -0.958. The van der Waals surface area contributed by atoms with Crippen LogP contribution >= 0.6 is 0 Å². The fraction of sp³-hybridized carbons (Fsp3) is 0.176. The summed E-state index contributed by atoms with van der Waals surface area (Å²) in [5.41, 5.74) is 1.13. The molecular weight excluding hydrogens is 330 g/mol. The largest absolute Gasteiger partial charge is 0.426 e. The number of ether oxygens (including phenoxy) is 2. The predicted molar refractivity (Wildman–Crippen MR) is 85.7 cm³/mol. The lowest BCUT2D eigenvalue weighted by atomic mass is 10.1. The van der Waals surface area contributed by atoms with Gasteiger partial charge in [-0.1, -0.05) is 24.3 Å². The van der Waals surface area contributed by atoms with Crippen LogP contribution in [-0.2, 0) is 16.2 Å². The summed E-state index contributed by atoms with van der Waals surface area (Å²) in [5, 5.41) is 9.42. The molecule has 2 aromatic rings. The third-order valence-electron chi connectivity index (χ3n) is 3.29. The molecule has 0 spiro atoms. The van der Waals surface area contributed by atoms with Gasteiger partial charge in [0.1, 0.15) is 23.7 Å². The summed E-state index contributed by atoms with van der Waals surface area (Å²) < 4.78 is 10.3. The van der Waals surface area contributed by atoms with Crippen molar-refractivity contribution in [2.45, 2.75) is 20.5 Å². The second-order valence-corrected chi connectivity index (χ2v) is 5.02. The molecule has 0 radical (unpaired) electrons. The van der Waals surface area contributed by atoms with Crippen LogP contribution in [0.25, 0.3) is 0 Å². The first-order chi connectivity index (χ1) is 11.9. The molecule has 0 saturated heterocycles. The Bertz CT molecular complexity index is 816. The van der Waals surface area contributed by atoms with E-state index in [1.165, 1.54) is 19.1 Å². The van der Waals surface area contributed by atoms with Gasteiger partial charge in [-0.3, -0.25) is 4.79 Å². The number of benzene rings is 2. The molecule has 0 aliphatic carbocycles. The zero-order valence-corrected chi connectivity index (χ0v) is 13.6. The van der Waals surface area contributed by atoms with Crippen LogP contribution in [0.4, 0.5) is 0 Å². The lowest BCUT2D eigenvalue weighted by Gasteiger charge is -2.12. The zero-order valence-electron chi connectivity index (χ0n) is 13.6. The molecule has 0 aliphatic heterocycles. The molecule has 0 heterocycles. The van der Waals surface area contributed by atoms with Gasteiger partial charge in [0.15, 0.2) is 0 Å². The molecule has 0 aliphatic rings. The molecule has 0 amide bonds. The number of carbonyl (C=O) groups is 2. The average molecular weight is 345 g/mol. The van der Waals surface area contributed by atoms with Gasteiger partial charge in [-0.2, -0.15) is 0 Å². The Morgan fingerprint density at radius 1 is 1.04 bits per heavy atom. The van der Waals surface area contributed by atoms with E-state index in [0.717, 1.165) is 0 Å². The van der Waals surface area contributed by atoms with Crippen molar-refractivity contribution in [2.75, 3.05) is 0 Å². The minimum atomic E-state index is -0.895. The van der Waals surface area contributed by atoms with Gasteiger partial charge in [0.25, 0.3) is 5.09 Å². The molecule has 2 rings (SSSR count). The summed E-state index contributed by atoms with van der Waals surface area (Å²) in [6, 6.07) is 10.9. The van der Waals surface area contributed by atoms with Crippen molar-refractivity contribution >= 4 is 11.9 Å². The molecular formula is C17H15NO7. The fourth-order valence-electron chi connectivity index (χ4n) is 2.08. The number of hydrogen-bond donors (Lipinski definition) is 0. The molecule has 25 heavy (non-hydrogen) atoms. The van der Waals surface area contributed by atoms with E-state index in [0.29, 0.717) is 11.1 Å². The highest BCUT2D eigenvalue weighted by atomic mass is 16.9. The van der Waals surface area contributed by atoms with E-state index in [2.05, 4.69) is 4.84 Å². The first-order valence-corrected chi connectivity index (χ1v) is 7.24. The SMILES string of the molecule is CC(=O)Oc1ccccc1C(=O)Oc1cccc(CO[N+](=O)[O-])c1C. The Hall–Kier alpha value is -3.42. The standard InChI is InChI=1S/C17H15NO7/c1-11-13(10-23-18(21)22)6-5-9-15(11)25-17(20)14-7-3-4-8-16(14)24-12(2)19/h3-9H,10H2,1-2H3. The van der Waals surface area contributed by atoms with E-state index < -0.39 is 17.0 Å². The van der Waals surface area contributed by atoms with Gasteiger partial charge in [0.05, 0.1) is 0 Å². The topological polar surface area (TPSA) is 105 Å². The quantitative estimate of drug-likeness (QED) is 0.343. The lowest BCUT2D eigenvalue weighted by Crippen LogP contribution is -2.13. The number of esters is 2. The number of nitrogens with zero attached hydrogens (tertiary/aromatic N) is 1. The summed E-state index contributed by atoms with van der Waals surface area (Å²) in [6.07, 6.45) is 0. The fourth-order valence-corrected chi connectivity index (χ4v) is 2.08. The third kappa shape index (κ3) is 4.77. The summed E-state index contributed by atoms with van der Waals surface area (Å²) in [6.45, 7) is 2.62. The van der Waals surface area contributed by atoms with Gasteiger partial charge in [-0.25, -0.2) is 4.79 Å². The molecule has 2 aromatic carbocycles. The van der Waals surface area contributed by atoms with E-state index in [1.54, 1.807) is 37.3 Å². The van der Waals surface area contributed by atoms with Crippen LogP contribution < -0.4 is 9.47 Å². The van der Waals surface area contributed by atoms with E-state index in [4.69, 9.17) is 9.47 Å². The second kappa shape index (κ2) is 7.91. The van der Waals surface area contributed by atoms with Gasteiger partial charge in [0, 0.05) is 6.92 Å². The Morgan fingerprint density at radius 3 is 2.40 bits per heavy atom. The van der Waals surface area contributed by atoms with Crippen molar-refractivity contribution in [1.29, 1.82) is 0 Å².